The van der Waals surface area contributed by atoms with E-state index in [1.165, 1.54) is 23.2 Å². The zero-order chi connectivity index (χ0) is 24.7. The molecule has 0 bridgehead atoms. The maximum atomic E-state index is 13.4. The minimum Gasteiger partial charge on any atom is -0.507 e. The third kappa shape index (κ3) is 3.57. The van der Waals surface area contributed by atoms with E-state index in [9.17, 15) is 24.3 Å². The molecule has 35 heavy (non-hydrogen) atoms. The molecule has 5 rings (SSSR count). The van der Waals surface area contributed by atoms with Crippen LogP contribution in [0.3, 0.4) is 0 Å². The number of carbonyl (C=O) groups excluding carboxylic acids is 2. The molecule has 0 unspecified atom stereocenters. The molecule has 0 fully saturated rings. The molecule has 1 aliphatic rings. The van der Waals surface area contributed by atoms with Crippen LogP contribution in [-0.2, 0) is 4.79 Å². The Bertz CT molecular complexity index is 1740. The van der Waals surface area contributed by atoms with Gasteiger partial charge in [-0.25, -0.2) is 9.78 Å². The number of rotatable bonds is 3. The number of phenols is 1. The number of hydrogen-bond acceptors (Lipinski definition) is 6. The number of H-pyrrole nitrogens is 3. The molecule has 2 aromatic heterocycles. The maximum absolute atomic E-state index is 13.4. The third-order valence-electron chi connectivity index (χ3n) is 5.82. The van der Waals surface area contributed by atoms with Crippen LogP contribution in [-0.4, -0.2) is 43.5 Å². The van der Waals surface area contributed by atoms with E-state index in [2.05, 4.69) is 20.2 Å². The monoisotopic (exact) mass is 469 g/mol. The molecule has 174 valence electrons. The summed E-state index contributed by atoms with van der Waals surface area (Å²) in [4.78, 5) is 59.2. The van der Waals surface area contributed by atoms with E-state index < -0.39 is 22.9 Å². The molecule has 0 saturated heterocycles. The number of phenolic OH excluding ortho intramolecular Hbond substituents is 1. The Morgan fingerprint density at radius 3 is 2.43 bits per heavy atom. The molecule has 10 nitrogen and oxygen atoms in total. The van der Waals surface area contributed by atoms with E-state index in [0.717, 1.165) is 0 Å². The van der Waals surface area contributed by atoms with Crippen LogP contribution in [0.2, 0.25) is 0 Å². The molecule has 0 aliphatic carbocycles. The average Bonchev–Trinajstić information content (AvgIpc) is 3.20. The van der Waals surface area contributed by atoms with Crippen LogP contribution in [0.25, 0.3) is 22.9 Å². The SMILES string of the molecule is CCN1C(=O)/C(=c2/[nH][nH]c(=O)/c2=C\c2cnc(=O)[nH]c2-c2ccccc2O)C(=O)c2ccccc21. The zero-order valence-electron chi connectivity index (χ0n) is 18.5. The predicted octanol–water partition coefficient (Wildman–Crippen LogP) is 0.388. The standard InChI is InChI=1S/C25H19N5O5/c1-2-30-17-9-5-3-7-14(17)22(32)19(24(30)34)21-16(23(33)29-28-21)11-13-12-26-25(35)27-20(13)15-8-4-6-10-18(15)31/h3-12,28,31H,2H2,1H3,(H,29,33)(H,26,27,35)/b16-11-,21-19+. The first-order valence-corrected chi connectivity index (χ1v) is 10.8. The number of nitrogens with one attached hydrogen (secondary N) is 3. The number of nitrogens with zero attached hydrogens (tertiary/aromatic N) is 2. The number of carbonyl (C=O) groups is 2. The number of ketones is 1. The van der Waals surface area contributed by atoms with Crippen molar-refractivity contribution < 1.29 is 14.7 Å². The second kappa shape index (κ2) is 8.41. The van der Waals surface area contributed by atoms with Crippen LogP contribution in [0.5, 0.6) is 5.75 Å². The number of aromatic nitrogens is 4. The summed E-state index contributed by atoms with van der Waals surface area (Å²) < 4.78 is 0. The topological polar surface area (TPSA) is 152 Å². The van der Waals surface area contributed by atoms with Crippen molar-refractivity contribution in [3.63, 3.8) is 0 Å². The second-order valence-corrected chi connectivity index (χ2v) is 7.82. The molecule has 3 heterocycles. The first-order chi connectivity index (χ1) is 16.9. The Hall–Kier alpha value is -4.99. The molecule has 4 N–H and O–H groups in total. The number of benzene rings is 2. The van der Waals surface area contributed by atoms with Crippen molar-refractivity contribution in [2.45, 2.75) is 6.92 Å². The fourth-order valence-electron chi connectivity index (χ4n) is 4.19. The number of amides is 1. The van der Waals surface area contributed by atoms with Crippen molar-refractivity contribution in [1.29, 1.82) is 0 Å². The highest BCUT2D eigenvalue weighted by Gasteiger charge is 2.35. The van der Waals surface area contributed by atoms with Gasteiger partial charge >= 0.3 is 5.69 Å². The van der Waals surface area contributed by atoms with Crippen molar-refractivity contribution in [3.05, 3.63) is 97.3 Å². The lowest BCUT2D eigenvalue weighted by molar-refractivity contribution is -0.113. The Labute approximate surface area is 196 Å². The normalized spacial score (nSPS) is 15.5. The van der Waals surface area contributed by atoms with E-state index in [1.54, 1.807) is 49.4 Å². The third-order valence-corrected chi connectivity index (χ3v) is 5.82. The summed E-state index contributed by atoms with van der Waals surface area (Å²) in [7, 11) is 0. The van der Waals surface area contributed by atoms with E-state index in [-0.39, 0.29) is 27.6 Å². The van der Waals surface area contributed by atoms with E-state index in [1.807, 2.05) is 0 Å². The van der Waals surface area contributed by atoms with Crippen LogP contribution in [0, 0.1) is 0 Å². The summed E-state index contributed by atoms with van der Waals surface area (Å²) in [5.41, 5.74) is 0.270. The lowest BCUT2D eigenvalue weighted by Crippen LogP contribution is -2.45. The molecule has 0 spiro atoms. The summed E-state index contributed by atoms with van der Waals surface area (Å²) in [6, 6.07) is 13.1. The highest BCUT2D eigenvalue weighted by Crippen LogP contribution is 2.30. The smallest absolute Gasteiger partial charge is 0.345 e. The fourth-order valence-corrected chi connectivity index (χ4v) is 4.19. The number of Topliss-reactive ketones (excluding diaryl/α,β-unsaturated/α-hetero) is 1. The van der Waals surface area contributed by atoms with Gasteiger partial charge in [0.05, 0.1) is 21.9 Å². The molecule has 2 aromatic carbocycles. The van der Waals surface area contributed by atoms with Crippen LogP contribution < -0.4 is 26.7 Å². The molecule has 1 amide bonds. The van der Waals surface area contributed by atoms with Crippen LogP contribution in [0.4, 0.5) is 5.69 Å². The van der Waals surface area contributed by atoms with E-state index in [0.29, 0.717) is 28.9 Å². The predicted molar refractivity (Wildman–Crippen MR) is 128 cm³/mol. The minimum atomic E-state index is -0.647. The molecule has 10 heteroatoms. The number of fused-ring (bicyclic) bond motifs is 1. The van der Waals surface area contributed by atoms with Gasteiger partial charge in [-0.05, 0) is 37.3 Å². The van der Waals surface area contributed by atoms with Gasteiger partial charge in [-0.15, -0.1) is 0 Å². The second-order valence-electron chi connectivity index (χ2n) is 7.82. The Morgan fingerprint density at radius 2 is 1.69 bits per heavy atom. The maximum Gasteiger partial charge on any atom is 0.345 e. The lowest BCUT2D eigenvalue weighted by atomic mass is 9.94. The van der Waals surface area contributed by atoms with Gasteiger partial charge in [0, 0.05) is 29.4 Å². The molecule has 1 aliphatic heterocycles. The van der Waals surface area contributed by atoms with Gasteiger partial charge in [-0.1, -0.05) is 24.3 Å². The van der Waals surface area contributed by atoms with E-state index >= 15 is 0 Å². The molecule has 0 radical (unpaired) electrons. The van der Waals surface area contributed by atoms with E-state index in [4.69, 9.17) is 0 Å². The summed E-state index contributed by atoms with van der Waals surface area (Å²) >= 11 is 0. The minimum absolute atomic E-state index is 0.00246. The largest absolute Gasteiger partial charge is 0.507 e. The quantitative estimate of drug-likeness (QED) is 0.341. The molecule has 4 aromatic rings. The van der Waals surface area contributed by atoms with Crippen molar-refractivity contribution in [3.8, 4) is 17.0 Å². The molecular formula is C25H19N5O5. The van der Waals surface area contributed by atoms with Gasteiger partial charge in [0.15, 0.2) is 0 Å². The molecule has 0 saturated carbocycles. The van der Waals surface area contributed by atoms with Gasteiger partial charge in [0.1, 0.15) is 11.3 Å². The summed E-state index contributed by atoms with van der Waals surface area (Å²) in [6.45, 7) is 2.11. The lowest BCUT2D eigenvalue weighted by Gasteiger charge is -2.28. The number of hydrogen-bond donors (Lipinski definition) is 4. The van der Waals surface area contributed by atoms with Crippen LogP contribution in [0.1, 0.15) is 22.8 Å². The summed E-state index contributed by atoms with van der Waals surface area (Å²) in [5.74, 6) is -1.14. The summed E-state index contributed by atoms with van der Waals surface area (Å²) in [5, 5.41) is 15.4. The van der Waals surface area contributed by atoms with Crippen molar-refractivity contribution >= 4 is 29.0 Å². The van der Waals surface area contributed by atoms with Crippen LogP contribution in [0.15, 0.2) is 64.3 Å². The van der Waals surface area contributed by atoms with Crippen molar-refractivity contribution in [1.82, 2.24) is 20.2 Å². The van der Waals surface area contributed by atoms with Gasteiger partial charge in [0.2, 0.25) is 5.78 Å². The van der Waals surface area contributed by atoms with Gasteiger partial charge in [-0.2, -0.15) is 0 Å². The first-order valence-electron chi connectivity index (χ1n) is 10.8. The number of anilines is 1. The molecular weight excluding hydrogens is 450 g/mol. The Morgan fingerprint density at radius 1 is 0.971 bits per heavy atom. The highest BCUT2D eigenvalue weighted by molar-refractivity contribution is 6.51. The van der Waals surface area contributed by atoms with Crippen LogP contribution >= 0.6 is 0 Å². The van der Waals surface area contributed by atoms with Gasteiger partial charge in [0.25, 0.3) is 11.5 Å². The zero-order valence-corrected chi connectivity index (χ0v) is 18.5. The number of para-hydroxylation sites is 2. The fraction of sp³-hybridized carbons (Fsp3) is 0.0800. The summed E-state index contributed by atoms with van der Waals surface area (Å²) in [6.07, 6.45) is 2.65. The number of aromatic hydroxyl groups is 1. The molecule has 0 atom stereocenters. The average molecular weight is 469 g/mol. The highest BCUT2D eigenvalue weighted by atomic mass is 16.3. The Balaban J connectivity index is 1.82. The van der Waals surface area contributed by atoms with Gasteiger partial charge < -0.3 is 15.0 Å². The van der Waals surface area contributed by atoms with Crippen molar-refractivity contribution in [2.24, 2.45) is 0 Å². The number of aromatic amines is 3. The first kappa shape index (κ1) is 21.8. The Kier molecular flexibility index (Phi) is 5.25. The van der Waals surface area contributed by atoms with Crippen molar-refractivity contribution in [2.75, 3.05) is 11.4 Å². The van der Waals surface area contributed by atoms with Gasteiger partial charge in [-0.3, -0.25) is 24.6 Å².